The molecule has 0 aliphatic carbocycles. The second-order valence-electron chi connectivity index (χ2n) is 5.80. The van der Waals surface area contributed by atoms with Gasteiger partial charge >= 0.3 is 0 Å². The first-order valence-electron chi connectivity index (χ1n) is 8.07. The van der Waals surface area contributed by atoms with Crippen molar-refractivity contribution in [2.45, 2.75) is 31.9 Å². The summed E-state index contributed by atoms with van der Waals surface area (Å²) in [5.74, 6) is 0.0758. The van der Waals surface area contributed by atoms with Crippen LogP contribution in [0.3, 0.4) is 0 Å². The van der Waals surface area contributed by atoms with Crippen molar-refractivity contribution >= 4 is 5.91 Å². The van der Waals surface area contributed by atoms with Crippen molar-refractivity contribution in [3.05, 3.63) is 48.5 Å². The number of aryl methyl sites for hydroxylation is 1. The Hall–Kier alpha value is -2.21. The normalized spacial score (nSPS) is 18.1. The second kappa shape index (κ2) is 7.87. The van der Waals surface area contributed by atoms with Gasteiger partial charge in [0, 0.05) is 13.1 Å². The summed E-state index contributed by atoms with van der Waals surface area (Å²) in [5.41, 5.74) is 1.35. The van der Waals surface area contributed by atoms with Crippen molar-refractivity contribution in [3.63, 3.8) is 0 Å². The molecule has 122 valence electrons. The molecule has 0 bridgehead atoms. The SMILES string of the molecule is O=C(Cn1cncn1)N1CCO[C@H](CCCc2ccccc2)C1. The summed E-state index contributed by atoms with van der Waals surface area (Å²) in [5, 5.41) is 3.98. The zero-order chi connectivity index (χ0) is 15.9. The number of rotatable bonds is 6. The Labute approximate surface area is 136 Å². The Morgan fingerprint density at radius 2 is 2.17 bits per heavy atom. The van der Waals surface area contributed by atoms with Crippen LogP contribution in [0.5, 0.6) is 0 Å². The van der Waals surface area contributed by atoms with Gasteiger partial charge in [0.1, 0.15) is 19.2 Å². The van der Waals surface area contributed by atoms with Gasteiger partial charge in [-0.3, -0.25) is 4.79 Å². The molecule has 2 heterocycles. The van der Waals surface area contributed by atoms with E-state index in [1.165, 1.54) is 11.9 Å². The molecule has 0 spiro atoms. The summed E-state index contributed by atoms with van der Waals surface area (Å²) in [6, 6.07) is 10.5. The molecule has 0 unspecified atom stereocenters. The van der Waals surface area contributed by atoms with E-state index in [0.29, 0.717) is 19.7 Å². The Kier molecular flexibility index (Phi) is 5.37. The number of carbonyl (C=O) groups excluding carboxylic acids is 1. The van der Waals surface area contributed by atoms with Gasteiger partial charge in [0.15, 0.2) is 0 Å². The summed E-state index contributed by atoms with van der Waals surface area (Å²) >= 11 is 0. The molecule has 1 aliphatic rings. The average molecular weight is 314 g/mol. The molecule has 6 nitrogen and oxygen atoms in total. The van der Waals surface area contributed by atoms with E-state index < -0.39 is 0 Å². The minimum Gasteiger partial charge on any atom is -0.375 e. The van der Waals surface area contributed by atoms with Crippen molar-refractivity contribution < 1.29 is 9.53 Å². The van der Waals surface area contributed by atoms with Crippen LogP contribution in [0.1, 0.15) is 18.4 Å². The third-order valence-corrected chi connectivity index (χ3v) is 4.09. The van der Waals surface area contributed by atoms with Crippen LogP contribution in [0, 0.1) is 0 Å². The monoisotopic (exact) mass is 314 g/mol. The van der Waals surface area contributed by atoms with Crippen LogP contribution in [-0.2, 0) is 22.5 Å². The smallest absolute Gasteiger partial charge is 0.244 e. The van der Waals surface area contributed by atoms with Crippen molar-refractivity contribution in [2.75, 3.05) is 19.7 Å². The number of hydrogen-bond acceptors (Lipinski definition) is 4. The summed E-state index contributed by atoms with van der Waals surface area (Å²) in [4.78, 5) is 18.0. The molecule has 1 saturated heterocycles. The first kappa shape index (κ1) is 15.7. The van der Waals surface area contributed by atoms with Crippen molar-refractivity contribution in [3.8, 4) is 0 Å². The topological polar surface area (TPSA) is 60.2 Å². The lowest BCUT2D eigenvalue weighted by Crippen LogP contribution is -2.46. The summed E-state index contributed by atoms with van der Waals surface area (Å²) in [7, 11) is 0. The maximum absolute atomic E-state index is 12.3. The zero-order valence-corrected chi connectivity index (χ0v) is 13.2. The molecule has 1 atom stereocenters. The Bertz CT molecular complexity index is 600. The number of ether oxygens (including phenoxy) is 1. The molecular formula is C17H22N4O2. The predicted molar refractivity (Wildman–Crippen MR) is 85.7 cm³/mol. The van der Waals surface area contributed by atoms with E-state index >= 15 is 0 Å². The molecule has 1 aromatic carbocycles. The molecule has 23 heavy (non-hydrogen) atoms. The summed E-state index contributed by atoms with van der Waals surface area (Å²) in [6.07, 6.45) is 6.23. The summed E-state index contributed by atoms with van der Waals surface area (Å²) in [6.45, 7) is 2.18. The van der Waals surface area contributed by atoms with Gasteiger partial charge in [-0.05, 0) is 24.8 Å². The number of hydrogen-bond donors (Lipinski definition) is 0. The third-order valence-electron chi connectivity index (χ3n) is 4.09. The van der Waals surface area contributed by atoms with Crippen molar-refractivity contribution in [1.29, 1.82) is 0 Å². The van der Waals surface area contributed by atoms with Crippen LogP contribution in [0.2, 0.25) is 0 Å². The van der Waals surface area contributed by atoms with Crippen LogP contribution >= 0.6 is 0 Å². The van der Waals surface area contributed by atoms with E-state index in [1.54, 1.807) is 11.0 Å². The van der Waals surface area contributed by atoms with Gasteiger partial charge in [-0.25, -0.2) is 9.67 Å². The number of carbonyl (C=O) groups is 1. The van der Waals surface area contributed by atoms with E-state index in [1.807, 2.05) is 11.0 Å². The highest BCUT2D eigenvalue weighted by Crippen LogP contribution is 2.13. The fourth-order valence-corrected chi connectivity index (χ4v) is 2.85. The average Bonchev–Trinajstić information content (AvgIpc) is 3.09. The highest BCUT2D eigenvalue weighted by molar-refractivity contribution is 5.76. The van der Waals surface area contributed by atoms with Crippen LogP contribution < -0.4 is 0 Å². The zero-order valence-electron chi connectivity index (χ0n) is 13.2. The second-order valence-corrected chi connectivity index (χ2v) is 5.80. The Balaban J connectivity index is 1.43. The molecular weight excluding hydrogens is 292 g/mol. The van der Waals surface area contributed by atoms with E-state index in [4.69, 9.17) is 4.74 Å². The Morgan fingerprint density at radius 1 is 1.30 bits per heavy atom. The van der Waals surface area contributed by atoms with Crippen LogP contribution in [0.4, 0.5) is 0 Å². The third kappa shape index (κ3) is 4.63. The summed E-state index contributed by atoms with van der Waals surface area (Å²) < 4.78 is 7.36. The van der Waals surface area contributed by atoms with Crippen molar-refractivity contribution in [1.82, 2.24) is 19.7 Å². The van der Waals surface area contributed by atoms with Gasteiger partial charge in [-0.15, -0.1) is 0 Å². The minimum absolute atomic E-state index is 0.0758. The van der Waals surface area contributed by atoms with Gasteiger partial charge in [-0.2, -0.15) is 5.10 Å². The lowest BCUT2D eigenvalue weighted by Gasteiger charge is -2.33. The lowest BCUT2D eigenvalue weighted by atomic mass is 10.1. The molecule has 0 N–H and O–H groups in total. The van der Waals surface area contributed by atoms with Crippen LogP contribution in [0.15, 0.2) is 43.0 Å². The first-order valence-corrected chi connectivity index (χ1v) is 8.07. The maximum Gasteiger partial charge on any atom is 0.244 e. The standard InChI is InChI=1S/C17H22N4O2/c22-17(12-21-14-18-13-19-21)20-9-10-23-16(11-20)8-4-7-15-5-2-1-3-6-15/h1-3,5-6,13-14,16H,4,7-12H2/t16-/m1/s1. The number of amides is 1. The molecule has 6 heteroatoms. The largest absolute Gasteiger partial charge is 0.375 e. The molecule has 1 fully saturated rings. The fourth-order valence-electron chi connectivity index (χ4n) is 2.85. The lowest BCUT2D eigenvalue weighted by molar-refractivity contribution is -0.139. The molecule has 0 radical (unpaired) electrons. The van der Waals surface area contributed by atoms with E-state index in [-0.39, 0.29) is 18.6 Å². The first-order chi connectivity index (χ1) is 11.3. The highest BCUT2D eigenvalue weighted by atomic mass is 16.5. The van der Waals surface area contributed by atoms with Gasteiger partial charge in [0.05, 0.1) is 12.7 Å². The molecule has 2 aromatic rings. The molecule has 1 aliphatic heterocycles. The number of aromatic nitrogens is 3. The minimum atomic E-state index is 0.0758. The van der Waals surface area contributed by atoms with Gasteiger partial charge in [0.25, 0.3) is 0 Å². The quantitative estimate of drug-likeness (QED) is 0.811. The van der Waals surface area contributed by atoms with E-state index in [9.17, 15) is 4.79 Å². The van der Waals surface area contributed by atoms with Gasteiger partial charge in [0.2, 0.25) is 5.91 Å². The maximum atomic E-state index is 12.3. The molecule has 3 rings (SSSR count). The predicted octanol–water partition coefficient (Wildman–Crippen LogP) is 1.53. The molecule has 1 amide bonds. The van der Waals surface area contributed by atoms with Crippen LogP contribution in [0.25, 0.3) is 0 Å². The highest BCUT2D eigenvalue weighted by Gasteiger charge is 2.24. The number of benzene rings is 1. The molecule has 0 saturated carbocycles. The number of nitrogens with zero attached hydrogens (tertiary/aromatic N) is 4. The fraction of sp³-hybridized carbons (Fsp3) is 0.471. The van der Waals surface area contributed by atoms with Crippen molar-refractivity contribution in [2.24, 2.45) is 0 Å². The van der Waals surface area contributed by atoms with Crippen LogP contribution in [-0.4, -0.2) is 51.4 Å². The Morgan fingerprint density at radius 3 is 2.96 bits per heavy atom. The number of morpholine rings is 1. The van der Waals surface area contributed by atoms with Gasteiger partial charge < -0.3 is 9.64 Å². The van der Waals surface area contributed by atoms with Gasteiger partial charge in [-0.1, -0.05) is 30.3 Å². The van der Waals surface area contributed by atoms with E-state index in [0.717, 1.165) is 19.3 Å². The van der Waals surface area contributed by atoms with E-state index in [2.05, 4.69) is 34.3 Å². The molecule has 1 aromatic heterocycles.